The van der Waals surface area contributed by atoms with E-state index in [0.29, 0.717) is 17.5 Å². The van der Waals surface area contributed by atoms with Crippen molar-refractivity contribution in [3.63, 3.8) is 0 Å². The molecule has 0 spiro atoms. The van der Waals surface area contributed by atoms with Crippen molar-refractivity contribution in [1.82, 2.24) is 15.1 Å². The van der Waals surface area contributed by atoms with E-state index in [1.807, 2.05) is 18.5 Å². The molecule has 1 fully saturated rings. The highest BCUT2D eigenvalue weighted by atomic mass is 32.1. The summed E-state index contributed by atoms with van der Waals surface area (Å²) >= 11 is 5.09. The summed E-state index contributed by atoms with van der Waals surface area (Å²) in [6, 6.07) is 2.05. The number of thiocarbonyl (C=S) groups is 1. The fourth-order valence-electron chi connectivity index (χ4n) is 3.13. The van der Waals surface area contributed by atoms with E-state index in [9.17, 15) is 4.79 Å². The highest BCUT2D eigenvalue weighted by Crippen LogP contribution is 2.45. The Bertz CT molecular complexity index is 546. The Kier molecular flexibility index (Phi) is 4.66. The molecule has 1 amide bonds. The van der Waals surface area contributed by atoms with Crippen LogP contribution in [0, 0.1) is 25.2 Å². The normalized spacial score (nSPS) is 24.4. The first-order valence-electron chi connectivity index (χ1n) is 7.44. The molecular formula is C15H24N4OS. The van der Waals surface area contributed by atoms with Gasteiger partial charge in [-0.05, 0) is 45.1 Å². The van der Waals surface area contributed by atoms with Gasteiger partial charge in [-0.2, -0.15) is 5.10 Å². The fourth-order valence-corrected chi connectivity index (χ4v) is 3.39. The van der Waals surface area contributed by atoms with Crippen LogP contribution in [-0.4, -0.2) is 27.2 Å². The Morgan fingerprint density at radius 3 is 2.71 bits per heavy atom. The van der Waals surface area contributed by atoms with Gasteiger partial charge >= 0.3 is 0 Å². The van der Waals surface area contributed by atoms with Gasteiger partial charge in [0, 0.05) is 18.8 Å². The molecule has 1 aliphatic carbocycles. The number of carbonyl (C=O) groups is 1. The maximum atomic E-state index is 12.3. The van der Waals surface area contributed by atoms with Crippen LogP contribution in [0.2, 0.25) is 0 Å². The molecule has 1 aliphatic rings. The molecule has 0 bridgehead atoms. The van der Waals surface area contributed by atoms with Crippen molar-refractivity contribution < 1.29 is 4.79 Å². The van der Waals surface area contributed by atoms with E-state index >= 15 is 0 Å². The molecule has 1 aromatic rings. The Hall–Kier alpha value is -1.43. The van der Waals surface area contributed by atoms with Crippen LogP contribution in [0.5, 0.6) is 0 Å². The van der Waals surface area contributed by atoms with E-state index in [0.717, 1.165) is 37.2 Å². The molecule has 21 heavy (non-hydrogen) atoms. The van der Waals surface area contributed by atoms with E-state index in [-0.39, 0.29) is 5.91 Å². The standard InChI is InChI=1S/C15H24N4OS/c1-10-8-15(9-10,13(16)21)14(20)17-5-4-6-19-12(3)7-11(2)18-19/h7,10H,4-6,8-9H2,1-3H3,(H2,16,21)(H,17,20). The molecule has 0 saturated heterocycles. The van der Waals surface area contributed by atoms with Gasteiger partial charge in [-0.1, -0.05) is 19.1 Å². The number of nitrogens with one attached hydrogen (secondary N) is 1. The molecule has 0 aromatic carbocycles. The second kappa shape index (κ2) is 6.13. The number of nitrogens with zero attached hydrogens (tertiary/aromatic N) is 2. The van der Waals surface area contributed by atoms with Crippen LogP contribution in [-0.2, 0) is 11.3 Å². The molecule has 0 unspecified atom stereocenters. The van der Waals surface area contributed by atoms with Crippen molar-refractivity contribution >= 4 is 23.1 Å². The Morgan fingerprint density at radius 2 is 2.24 bits per heavy atom. The lowest BCUT2D eigenvalue weighted by atomic mass is 9.62. The van der Waals surface area contributed by atoms with E-state index in [1.165, 1.54) is 0 Å². The molecule has 1 saturated carbocycles. The SMILES string of the molecule is Cc1cc(C)n(CCCNC(=O)C2(C(N)=S)CC(C)C2)n1. The Morgan fingerprint density at radius 1 is 1.57 bits per heavy atom. The van der Waals surface area contributed by atoms with Gasteiger partial charge in [0.2, 0.25) is 5.91 Å². The molecule has 2 rings (SSSR count). The molecule has 5 nitrogen and oxygen atoms in total. The zero-order valence-electron chi connectivity index (χ0n) is 13.0. The van der Waals surface area contributed by atoms with Crippen molar-refractivity contribution in [2.45, 2.75) is 46.6 Å². The number of amides is 1. The molecule has 6 heteroatoms. The molecule has 116 valence electrons. The third-order valence-electron chi connectivity index (χ3n) is 4.24. The summed E-state index contributed by atoms with van der Waals surface area (Å²) in [5, 5.41) is 7.38. The lowest BCUT2D eigenvalue weighted by Gasteiger charge is -2.44. The minimum atomic E-state index is -0.604. The van der Waals surface area contributed by atoms with Gasteiger partial charge in [-0.15, -0.1) is 0 Å². The minimum absolute atomic E-state index is 0.0125. The predicted molar refractivity (Wildman–Crippen MR) is 86.9 cm³/mol. The Labute approximate surface area is 131 Å². The zero-order chi connectivity index (χ0) is 15.6. The van der Waals surface area contributed by atoms with Crippen LogP contribution in [0.3, 0.4) is 0 Å². The van der Waals surface area contributed by atoms with Gasteiger partial charge in [-0.3, -0.25) is 9.48 Å². The van der Waals surface area contributed by atoms with Crippen LogP contribution < -0.4 is 11.1 Å². The van der Waals surface area contributed by atoms with E-state index in [4.69, 9.17) is 18.0 Å². The number of hydrogen-bond acceptors (Lipinski definition) is 3. The van der Waals surface area contributed by atoms with Crippen molar-refractivity contribution in [3.05, 3.63) is 17.5 Å². The van der Waals surface area contributed by atoms with Gasteiger partial charge in [-0.25, -0.2) is 0 Å². The van der Waals surface area contributed by atoms with Crippen LogP contribution >= 0.6 is 12.2 Å². The summed E-state index contributed by atoms with van der Waals surface area (Å²) in [5.74, 6) is 0.508. The van der Waals surface area contributed by atoms with Gasteiger partial charge in [0.15, 0.2) is 0 Å². The molecule has 0 aliphatic heterocycles. The molecule has 1 heterocycles. The van der Waals surface area contributed by atoms with Crippen molar-refractivity contribution in [1.29, 1.82) is 0 Å². The first-order chi connectivity index (χ1) is 9.85. The van der Waals surface area contributed by atoms with Crippen LogP contribution in [0.4, 0.5) is 0 Å². The lowest BCUT2D eigenvalue weighted by Crippen LogP contribution is -2.56. The summed E-state index contributed by atoms with van der Waals surface area (Å²) in [5.41, 5.74) is 7.33. The first kappa shape index (κ1) is 15.9. The maximum absolute atomic E-state index is 12.3. The molecule has 1 aromatic heterocycles. The molecule has 0 radical (unpaired) electrons. The van der Waals surface area contributed by atoms with E-state index in [1.54, 1.807) is 0 Å². The number of nitrogens with two attached hydrogens (primary N) is 1. The molecule has 0 atom stereocenters. The summed E-state index contributed by atoms with van der Waals surface area (Å²) in [4.78, 5) is 12.6. The highest BCUT2D eigenvalue weighted by molar-refractivity contribution is 7.80. The number of hydrogen-bond donors (Lipinski definition) is 2. The monoisotopic (exact) mass is 308 g/mol. The van der Waals surface area contributed by atoms with Crippen LogP contribution in [0.25, 0.3) is 0 Å². The Balaban J connectivity index is 1.79. The average molecular weight is 308 g/mol. The van der Waals surface area contributed by atoms with Crippen LogP contribution in [0.1, 0.15) is 37.6 Å². The number of rotatable bonds is 6. The average Bonchev–Trinajstić information content (AvgIpc) is 2.68. The van der Waals surface area contributed by atoms with Gasteiger partial charge in [0.05, 0.1) is 16.1 Å². The number of aryl methyl sites for hydroxylation is 3. The molecular weight excluding hydrogens is 284 g/mol. The largest absolute Gasteiger partial charge is 0.392 e. The second-order valence-corrected chi connectivity index (χ2v) is 6.66. The van der Waals surface area contributed by atoms with E-state index in [2.05, 4.69) is 23.4 Å². The first-order valence-corrected chi connectivity index (χ1v) is 7.85. The number of aromatic nitrogens is 2. The smallest absolute Gasteiger partial charge is 0.233 e. The van der Waals surface area contributed by atoms with Crippen LogP contribution in [0.15, 0.2) is 6.07 Å². The summed E-state index contributed by atoms with van der Waals surface area (Å²) in [7, 11) is 0. The summed E-state index contributed by atoms with van der Waals surface area (Å²) in [6.45, 7) is 7.56. The van der Waals surface area contributed by atoms with Gasteiger partial charge in [0.1, 0.15) is 0 Å². The highest BCUT2D eigenvalue weighted by Gasteiger charge is 2.50. The third kappa shape index (κ3) is 3.26. The number of carbonyl (C=O) groups excluding carboxylic acids is 1. The van der Waals surface area contributed by atoms with Crippen molar-refractivity contribution in [2.75, 3.05) is 6.54 Å². The van der Waals surface area contributed by atoms with Crippen molar-refractivity contribution in [2.24, 2.45) is 17.1 Å². The topological polar surface area (TPSA) is 72.9 Å². The van der Waals surface area contributed by atoms with Gasteiger partial charge < -0.3 is 11.1 Å². The fraction of sp³-hybridized carbons (Fsp3) is 0.667. The third-order valence-corrected chi connectivity index (χ3v) is 4.63. The quantitative estimate of drug-likeness (QED) is 0.620. The van der Waals surface area contributed by atoms with Crippen molar-refractivity contribution in [3.8, 4) is 0 Å². The molecule has 3 N–H and O–H groups in total. The second-order valence-electron chi connectivity index (χ2n) is 6.22. The summed E-state index contributed by atoms with van der Waals surface area (Å²) < 4.78 is 1.97. The minimum Gasteiger partial charge on any atom is -0.392 e. The van der Waals surface area contributed by atoms with E-state index < -0.39 is 5.41 Å². The zero-order valence-corrected chi connectivity index (χ0v) is 13.8. The predicted octanol–water partition coefficient (Wildman–Crippen LogP) is 1.71. The lowest BCUT2D eigenvalue weighted by molar-refractivity contribution is -0.132. The van der Waals surface area contributed by atoms with Gasteiger partial charge in [0.25, 0.3) is 0 Å². The maximum Gasteiger partial charge on any atom is 0.233 e. The summed E-state index contributed by atoms with van der Waals surface area (Å²) in [6.07, 6.45) is 2.38.